The summed E-state index contributed by atoms with van der Waals surface area (Å²) in [7, 11) is 0. The van der Waals surface area contributed by atoms with Crippen molar-refractivity contribution in [1.29, 1.82) is 0 Å². The molecule has 9 heteroatoms. The van der Waals surface area contributed by atoms with E-state index in [0.717, 1.165) is 45.6 Å². The summed E-state index contributed by atoms with van der Waals surface area (Å²) in [4.78, 5) is 12.4. The summed E-state index contributed by atoms with van der Waals surface area (Å²) in [5.41, 5.74) is 5.39. The smallest absolute Gasteiger partial charge is 0.179 e. The van der Waals surface area contributed by atoms with E-state index in [1.165, 1.54) is 0 Å². The number of hydrogen-bond acceptors (Lipinski definition) is 6. The van der Waals surface area contributed by atoms with Gasteiger partial charge in [-0.25, -0.2) is 14.7 Å². The Morgan fingerprint density at radius 3 is 2.42 bits per heavy atom. The third-order valence-corrected chi connectivity index (χ3v) is 7.29. The molecular formula is C29H20BrClN6O. The summed E-state index contributed by atoms with van der Waals surface area (Å²) in [5.74, 6) is 2.79. The molecule has 4 heterocycles. The first-order valence-corrected chi connectivity index (χ1v) is 13.2. The van der Waals surface area contributed by atoms with Gasteiger partial charge in [0, 0.05) is 10.7 Å². The van der Waals surface area contributed by atoms with Crippen LogP contribution >= 0.6 is 27.5 Å². The van der Waals surface area contributed by atoms with Crippen LogP contribution in [-0.4, -0.2) is 21.5 Å². The van der Waals surface area contributed by atoms with Crippen molar-refractivity contribution in [3.8, 4) is 5.69 Å². The fourth-order valence-corrected chi connectivity index (χ4v) is 5.41. The highest BCUT2D eigenvalue weighted by Gasteiger charge is 2.42. The molecule has 0 fully saturated rings. The second kappa shape index (κ2) is 9.01. The maximum atomic E-state index is 6.19. The molecule has 0 saturated carbocycles. The second-order valence-corrected chi connectivity index (χ2v) is 10.2. The first kappa shape index (κ1) is 23.0. The van der Waals surface area contributed by atoms with Crippen molar-refractivity contribution in [2.75, 3.05) is 10.2 Å². The molecule has 0 aliphatic carbocycles. The number of anilines is 2. The van der Waals surface area contributed by atoms with E-state index in [1.54, 1.807) is 0 Å². The van der Waals surface area contributed by atoms with E-state index in [9.17, 15) is 0 Å². The number of aromatic nitrogens is 2. The minimum Gasteiger partial charge on any atom is -0.452 e. The highest BCUT2D eigenvalue weighted by Crippen LogP contribution is 2.48. The number of halogens is 2. The number of para-hydroxylation sites is 3. The summed E-state index contributed by atoms with van der Waals surface area (Å²) in [6.07, 6.45) is 0. The van der Waals surface area contributed by atoms with E-state index in [1.807, 2.05) is 96.5 Å². The lowest BCUT2D eigenvalue weighted by Gasteiger charge is -2.39. The van der Waals surface area contributed by atoms with Gasteiger partial charge in [0.05, 0.1) is 28.3 Å². The van der Waals surface area contributed by atoms with Gasteiger partial charge < -0.3 is 14.6 Å². The molecule has 0 bridgehead atoms. The van der Waals surface area contributed by atoms with E-state index < -0.39 is 0 Å². The fraction of sp³-hybridized carbons (Fsp3) is 0.0690. The van der Waals surface area contributed by atoms with Crippen molar-refractivity contribution in [2.24, 2.45) is 9.98 Å². The van der Waals surface area contributed by atoms with Gasteiger partial charge in [-0.3, -0.25) is 0 Å². The van der Waals surface area contributed by atoms with E-state index in [2.05, 4.69) is 32.2 Å². The van der Waals surface area contributed by atoms with Crippen molar-refractivity contribution in [3.05, 3.63) is 118 Å². The van der Waals surface area contributed by atoms with E-state index in [4.69, 9.17) is 31.1 Å². The van der Waals surface area contributed by atoms with Crippen LogP contribution in [0.25, 0.3) is 5.69 Å². The first-order valence-electron chi connectivity index (χ1n) is 12.1. The Bertz CT molecular complexity index is 1740. The van der Waals surface area contributed by atoms with Crippen molar-refractivity contribution >= 4 is 62.1 Å². The standard InChI is InChI=1S/C29H20BrClN6O/c1-17-25-26(23-15-16-24(30)38-23)36-22-10-6-5-9-21(22)33-27(32-19-13-11-18(31)12-14-19)29(36)34-28(25)37(35-17)20-7-3-2-4-8-20/h2-16,26H,1H3,(H,32,33)/t26-/m1/s1. The van der Waals surface area contributed by atoms with E-state index in [0.29, 0.717) is 21.4 Å². The van der Waals surface area contributed by atoms with Crippen molar-refractivity contribution in [2.45, 2.75) is 13.0 Å². The van der Waals surface area contributed by atoms with Crippen LogP contribution in [0.5, 0.6) is 0 Å². The van der Waals surface area contributed by atoms with Crippen LogP contribution in [0.15, 0.2) is 110 Å². The van der Waals surface area contributed by atoms with Crippen molar-refractivity contribution < 1.29 is 4.42 Å². The van der Waals surface area contributed by atoms with Gasteiger partial charge in [-0.15, -0.1) is 0 Å². The van der Waals surface area contributed by atoms with Crippen LogP contribution in [0, 0.1) is 6.92 Å². The number of rotatable bonds is 3. The zero-order valence-electron chi connectivity index (χ0n) is 20.1. The first-order chi connectivity index (χ1) is 18.6. The number of aryl methyl sites for hydroxylation is 1. The maximum absolute atomic E-state index is 6.19. The normalized spacial score (nSPS) is 15.8. The van der Waals surface area contributed by atoms with Gasteiger partial charge in [0.15, 0.2) is 22.2 Å². The summed E-state index contributed by atoms with van der Waals surface area (Å²) in [5, 5.41) is 9.07. The molecule has 0 radical (unpaired) electrons. The van der Waals surface area contributed by atoms with Gasteiger partial charge in [0.25, 0.3) is 0 Å². The number of nitrogens with one attached hydrogen (secondary N) is 1. The van der Waals surface area contributed by atoms with Crippen LogP contribution in [0.3, 0.4) is 0 Å². The quantitative estimate of drug-likeness (QED) is 0.234. The molecule has 38 heavy (non-hydrogen) atoms. The minimum absolute atomic E-state index is 0.320. The highest BCUT2D eigenvalue weighted by atomic mass is 79.9. The molecule has 186 valence electrons. The zero-order chi connectivity index (χ0) is 25.8. The van der Waals surface area contributed by atoms with Crippen LogP contribution in [-0.2, 0) is 0 Å². The molecule has 7 rings (SSSR count). The van der Waals surface area contributed by atoms with Crippen LogP contribution in [0.2, 0.25) is 5.02 Å². The molecule has 1 N–H and O–H groups in total. The second-order valence-electron chi connectivity index (χ2n) is 9.00. The molecule has 0 amide bonds. The number of aliphatic imine (C=N–C) groups is 2. The van der Waals surface area contributed by atoms with Crippen LogP contribution in [0.4, 0.5) is 22.9 Å². The number of nitrogens with zero attached hydrogens (tertiary/aromatic N) is 5. The molecule has 2 aromatic heterocycles. The number of fused-ring (bicyclic) bond motifs is 4. The molecule has 7 nitrogen and oxygen atoms in total. The number of furan rings is 1. The van der Waals surface area contributed by atoms with Gasteiger partial charge >= 0.3 is 0 Å². The largest absolute Gasteiger partial charge is 0.452 e. The summed E-state index contributed by atoms with van der Waals surface area (Å²) in [6, 6.07) is 29.2. The topological polar surface area (TPSA) is 71.0 Å². The van der Waals surface area contributed by atoms with Gasteiger partial charge in [-0.1, -0.05) is 41.9 Å². The van der Waals surface area contributed by atoms with Gasteiger partial charge in [-0.2, -0.15) is 5.10 Å². The average Bonchev–Trinajstić information content (AvgIpc) is 3.52. The molecule has 1 atom stereocenters. The number of benzene rings is 3. The maximum Gasteiger partial charge on any atom is 0.179 e. The lowest BCUT2D eigenvalue weighted by molar-refractivity contribution is 0.468. The molecule has 2 aliphatic heterocycles. The molecule has 3 aromatic carbocycles. The predicted octanol–water partition coefficient (Wildman–Crippen LogP) is 7.98. The molecule has 0 spiro atoms. The van der Waals surface area contributed by atoms with Gasteiger partial charge in [0.2, 0.25) is 0 Å². The lowest BCUT2D eigenvalue weighted by atomic mass is 9.98. The van der Waals surface area contributed by atoms with Crippen molar-refractivity contribution in [3.63, 3.8) is 0 Å². The molecule has 0 unspecified atom stereocenters. The zero-order valence-corrected chi connectivity index (χ0v) is 22.5. The Balaban J connectivity index is 1.49. The van der Waals surface area contributed by atoms with E-state index in [-0.39, 0.29) is 6.04 Å². The highest BCUT2D eigenvalue weighted by molar-refractivity contribution is 9.10. The Morgan fingerprint density at radius 1 is 0.895 bits per heavy atom. The summed E-state index contributed by atoms with van der Waals surface area (Å²) in [6.45, 7) is 2.01. The Morgan fingerprint density at radius 2 is 1.66 bits per heavy atom. The van der Waals surface area contributed by atoms with Crippen LogP contribution in [0.1, 0.15) is 23.1 Å². The van der Waals surface area contributed by atoms with Gasteiger partial charge in [0.1, 0.15) is 11.8 Å². The molecule has 0 saturated heterocycles. The fourth-order valence-electron chi connectivity index (χ4n) is 4.96. The number of hydrogen-bond donors (Lipinski definition) is 1. The molecular weight excluding hydrogens is 564 g/mol. The average molecular weight is 584 g/mol. The Kier molecular flexibility index (Phi) is 5.45. The SMILES string of the molecule is Cc1nn(-c2ccccc2)c2c1[C@@H](c1ccc(Br)o1)N1C(=N2)C(Nc2ccc(Cl)cc2)=Nc2ccccc21. The Hall–Kier alpha value is -4.14. The molecule has 2 aliphatic rings. The minimum atomic E-state index is -0.320. The van der Waals surface area contributed by atoms with Crippen LogP contribution < -0.4 is 10.2 Å². The van der Waals surface area contributed by atoms with E-state index >= 15 is 0 Å². The van der Waals surface area contributed by atoms with Crippen molar-refractivity contribution in [1.82, 2.24) is 9.78 Å². The summed E-state index contributed by atoms with van der Waals surface area (Å²) >= 11 is 9.64. The molecule has 5 aromatic rings. The third-order valence-electron chi connectivity index (χ3n) is 6.61. The summed E-state index contributed by atoms with van der Waals surface area (Å²) < 4.78 is 8.73. The Labute approximate surface area is 232 Å². The lowest BCUT2D eigenvalue weighted by Crippen LogP contribution is -2.46. The predicted molar refractivity (Wildman–Crippen MR) is 155 cm³/mol. The number of amidine groups is 2. The third kappa shape index (κ3) is 3.76. The monoisotopic (exact) mass is 582 g/mol. The van der Waals surface area contributed by atoms with Gasteiger partial charge in [-0.05, 0) is 83.5 Å².